The largest absolute Gasteiger partial charge is 0.394 e. The van der Waals surface area contributed by atoms with Gasteiger partial charge in [0.05, 0.1) is 25.4 Å². The van der Waals surface area contributed by atoms with Crippen LogP contribution in [0.2, 0.25) is 0 Å². The highest BCUT2D eigenvalue weighted by Crippen LogP contribution is 2.23. The Kier molecular flexibility index (Phi) is 42.8. The number of aliphatic hydroxyl groups excluding tert-OH is 6. The Balaban J connectivity index is 2.27. The predicted octanol–water partition coefficient (Wildman–Crippen LogP) is 12.0. The van der Waals surface area contributed by atoms with Gasteiger partial charge < -0.3 is 45.4 Å². The summed E-state index contributed by atoms with van der Waals surface area (Å²) in [5.41, 5.74) is 0. The number of hydrogen-bond donors (Lipinski definition) is 7. The molecule has 1 saturated heterocycles. The Bertz CT molecular complexity index is 1090. The zero-order chi connectivity index (χ0) is 47.4. The maximum absolute atomic E-state index is 13.1. The average molecular weight is 924 g/mol. The van der Waals surface area contributed by atoms with Gasteiger partial charge in [0.15, 0.2) is 6.29 Å². The second-order valence-electron chi connectivity index (χ2n) is 19.5. The van der Waals surface area contributed by atoms with Crippen molar-refractivity contribution in [3.63, 3.8) is 0 Å². The van der Waals surface area contributed by atoms with Crippen LogP contribution in [0.1, 0.15) is 258 Å². The third-order valence-electron chi connectivity index (χ3n) is 13.4. The van der Waals surface area contributed by atoms with Crippen molar-refractivity contribution >= 4 is 5.91 Å². The van der Waals surface area contributed by atoms with Gasteiger partial charge in [-0.25, -0.2) is 0 Å². The van der Waals surface area contributed by atoms with Crippen LogP contribution in [0.15, 0.2) is 24.3 Å². The quantitative estimate of drug-likeness (QED) is 0.0232. The Labute approximate surface area is 399 Å². The summed E-state index contributed by atoms with van der Waals surface area (Å²) >= 11 is 0. The van der Waals surface area contributed by atoms with Crippen molar-refractivity contribution in [3.05, 3.63) is 24.3 Å². The first kappa shape index (κ1) is 61.6. The molecule has 1 aliphatic heterocycles. The van der Waals surface area contributed by atoms with Gasteiger partial charge in [0.1, 0.15) is 30.5 Å². The summed E-state index contributed by atoms with van der Waals surface area (Å²) in [4.78, 5) is 13.1. The molecule has 1 heterocycles. The molecule has 0 aliphatic carbocycles. The molecule has 8 unspecified atom stereocenters. The molecule has 0 aromatic heterocycles. The number of carbonyl (C=O) groups excluding carboxylic acids is 1. The van der Waals surface area contributed by atoms with Crippen LogP contribution >= 0.6 is 0 Å². The molecule has 65 heavy (non-hydrogen) atoms. The molecule has 0 bridgehead atoms. The second kappa shape index (κ2) is 45.1. The Hall–Kier alpha value is -1.37. The van der Waals surface area contributed by atoms with Crippen molar-refractivity contribution in [2.75, 3.05) is 13.2 Å². The van der Waals surface area contributed by atoms with E-state index in [-0.39, 0.29) is 6.61 Å². The molecule has 0 saturated carbocycles. The normalized spacial score (nSPS) is 20.5. The van der Waals surface area contributed by atoms with Crippen LogP contribution in [0, 0.1) is 0 Å². The summed E-state index contributed by atoms with van der Waals surface area (Å²) < 4.78 is 11.2. The molecule has 0 aromatic carbocycles. The second-order valence-corrected chi connectivity index (χ2v) is 19.5. The number of allylic oxidation sites excluding steroid dienone is 3. The lowest BCUT2D eigenvalue weighted by Gasteiger charge is -2.40. The van der Waals surface area contributed by atoms with E-state index < -0.39 is 61.5 Å². The first-order valence-electron chi connectivity index (χ1n) is 27.7. The summed E-state index contributed by atoms with van der Waals surface area (Å²) in [5.74, 6) is -0.615. The molecule has 1 rings (SSSR count). The van der Waals surface area contributed by atoms with Crippen LogP contribution in [-0.4, -0.2) is 98.7 Å². The maximum atomic E-state index is 13.1. The van der Waals surface area contributed by atoms with Crippen molar-refractivity contribution in [1.82, 2.24) is 5.32 Å². The topological polar surface area (TPSA) is 169 Å². The van der Waals surface area contributed by atoms with Crippen LogP contribution in [0.5, 0.6) is 0 Å². The van der Waals surface area contributed by atoms with Gasteiger partial charge in [-0.05, 0) is 44.9 Å². The Morgan fingerprint density at radius 3 is 1.29 bits per heavy atom. The highest BCUT2D eigenvalue weighted by atomic mass is 16.7. The Morgan fingerprint density at radius 1 is 0.523 bits per heavy atom. The van der Waals surface area contributed by atoms with Crippen LogP contribution in [0.25, 0.3) is 0 Å². The lowest BCUT2D eigenvalue weighted by Crippen LogP contribution is -2.60. The van der Waals surface area contributed by atoms with Crippen molar-refractivity contribution in [3.8, 4) is 0 Å². The zero-order valence-corrected chi connectivity index (χ0v) is 42.1. The molecule has 1 amide bonds. The molecular weight excluding hydrogens is 819 g/mol. The van der Waals surface area contributed by atoms with E-state index in [4.69, 9.17) is 9.47 Å². The number of unbranched alkanes of at least 4 members (excludes halogenated alkanes) is 34. The fourth-order valence-electron chi connectivity index (χ4n) is 8.87. The monoisotopic (exact) mass is 924 g/mol. The number of nitrogens with one attached hydrogen (secondary N) is 1. The molecule has 1 fully saturated rings. The minimum Gasteiger partial charge on any atom is -0.394 e. The van der Waals surface area contributed by atoms with E-state index >= 15 is 0 Å². The fourth-order valence-corrected chi connectivity index (χ4v) is 8.87. The molecule has 10 heteroatoms. The Morgan fingerprint density at radius 2 is 0.892 bits per heavy atom. The summed E-state index contributed by atoms with van der Waals surface area (Å²) in [5, 5.41) is 64.9. The number of ether oxygens (including phenoxy) is 2. The number of carbonyl (C=O) groups is 1. The van der Waals surface area contributed by atoms with E-state index in [1.54, 1.807) is 6.08 Å². The first-order chi connectivity index (χ1) is 31.8. The van der Waals surface area contributed by atoms with E-state index in [9.17, 15) is 35.4 Å². The summed E-state index contributed by atoms with van der Waals surface area (Å²) in [6, 6.07) is -0.979. The molecular formula is C55H105NO9. The predicted molar refractivity (Wildman–Crippen MR) is 269 cm³/mol. The van der Waals surface area contributed by atoms with Gasteiger partial charge >= 0.3 is 0 Å². The van der Waals surface area contributed by atoms with Crippen LogP contribution in [-0.2, 0) is 14.3 Å². The van der Waals surface area contributed by atoms with Gasteiger partial charge in [0.25, 0.3) is 0 Å². The fraction of sp³-hybridized carbons (Fsp3) is 0.909. The molecule has 384 valence electrons. The lowest BCUT2D eigenvalue weighted by molar-refractivity contribution is -0.302. The standard InChI is InChI=1S/C55H105NO9/c1-3-5-7-9-11-13-15-17-19-20-21-22-23-24-25-26-27-28-30-32-34-36-38-40-42-44-49(59)54(63)56-47(46-64-55-53(62)52(61)51(60)50(45-57)65-55)48(58)43-41-39-37-35-33-31-29-18-16-14-12-10-8-6-4-2/h24-25,41,43,47-53,55,57-62H,3-23,26-40,42,44-46H2,1-2H3,(H,56,63)/b25-24-,43-41+. The summed E-state index contributed by atoms with van der Waals surface area (Å²) in [6.45, 7) is 3.63. The number of hydrogen-bond acceptors (Lipinski definition) is 9. The number of amides is 1. The van der Waals surface area contributed by atoms with Crippen LogP contribution in [0.4, 0.5) is 0 Å². The minimum atomic E-state index is -1.61. The molecule has 0 spiro atoms. The molecule has 1 aliphatic rings. The van der Waals surface area contributed by atoms with Crippen molar-refractivity contribution < 1.29 is 44.9 Å². The van der Waals surface area contributed by atoms with E-state index in [2.05, 4.69) is 31.3 Å². The molecule has 0 aromatic rings. The van der Waals surface area contributed by atoms with E-state index in [0.717, 1.165) is 38.5 Å². The minimum absolute atomic E-state index is 0.304. The maximum Gasteiger partial charge on any atom is 0.249 e. The van der Waals surface area contributed by atoms with Crippen LogP contribution < -0.4 is 5.32 Å². The molecule has 10 nitrogen and oxygen atoms in total. The van der Waals surface area contributed by atoms with Gasteiger partial charge in [-0.15, -0.1) is 0 Å². The van der Waals surface area contributed by atoms with E-state index in [1.165, 1.54) is 193 Å². The van der Waals surface area contributed by atoms with E-state index in [1.807, 2.05) is 6.08 Å². The average Bonchev–Trinajstić information content (AvgIpc) is 3.31. The number of aliphatic hydroxyl groups is 6. The summed E-state index contributed by atoms with van der Waals surface area (Å²) in [7, 11) is 0. The van der Waals surface area contributed by atoms with Gasteiger partial charge in [-0.3, -0.25) is 4.79 Å². The SMILES string of the molecule is CCCCCCCCCCCCCC/C=C\CCCCCCCCCCCC(O)C(=O)NC(COC1OC(CO)C(O)C(O)C1O)C(O)/C=C/CCCCCCCCCCCCCCC. The van der Waals surface area contributed by atoms with E-state index in [0.29, 0.717) is 12.8 Å². The van der Waals surface area contributed by atoms with Crippen molar-refractivity contribution in [2.45, 2.75) is 307 Å². The van der Waals surface area contributed by atoms with Crippen molar-refractivity contribution in [1.29, 1.82) is 0 Å². The summed E-state index contributed by atoms with van der Waals surface area (Å²) in [6.07, 6.45) is 45.6. The molecule has 8 atom stereocenters. The first-order valence-corrected chi connectivity index (χ1v) is 27.7. The van der Waals surface area contributed by atoms with Gasteiger partial charge in [0, 0.05) is 0 Å². The highest BCUT2D eigenvalue weighted by molar-refractivity contribution is 5.80. The van der Waals surface area contributed by atoms with Gasteiger partial charge in [-0.1, -0.05) is 237 Å². The number of rotatable bonds is 47. The van der Waals surface area contributed by atoms with Gasteiger partial charge in [-0.2, -0.15) is 0 Å². The smallest absolute Gasteiger partial charge is 0.249 e. The third kappa shape index (κ3) is 34.6. The molecule has 7 N–H and O–H groups in total. The molecule has 0 radical (unpaired) electrons. The van der Waals surface area contributed by atoms with Crippen molar-refractivity contribution in [2.24, 2.45) is 0 Å². The lowest BCUT2D eigenvalue weighted by atomic mass is 9.99. The van der Waals surface area contributed by atoms with Crippen LogP contribution in [0.3, 0.4) is 0 Å². The third-order valence-corrected chi connectivity index (χ3v) is 13.4. The highest BCUT2D eigenvalue weighted by Gasteiger charge is 2.44. The van der Waals surface area contributed by atoms with Gasteiger partial charge in [0.2, 0.25) is 5.91 Å². The zero-order valence-electron chi connectivity index (χ0n) is 42.1.